The van der Waals surface area contributed by atoms with Gasteiger partial charge in [-0.1, -0.05) is 42.0 Å². The Morgan fingerprint density at radius 2 is 1.66 bits per heavy atom. The average Bonchev–Trinajstić information content (AvgIpc) is 2.81. The number of hydrogen-bond acceptors (Lipinski definition) is 5. The number of carbonyl (C=O) groups is 1. The second-order valence-corrected chi connectivity index (χ2v) is 8.98. The summed E-state index contributed by atoms with van der Waals surface area (Å²) in [5.41, 5.74) is 2.06. The van der Waals surface area contributed by atoms with Crippen molar-refractivity contribution in [1.82, 2.24) is 5.32 Å². The predicted octanol–water partition coefficient (Wildman–Crippen LogP) is 3.52. The van der Waals surface area contributed by atoms with Gasteiger partial charge in [0.25, 0.3) is 10.0 Å². The van der Waals surface area contributed by atoms with Crippen molar-refractivity contribution >= 4 is 21.6 Å². The predicted molar refractivity (Wildman–Crippen MR) is 124 cm³/mol. The third-order valence-electron chi connectivity index (χ3n) is 4.91. The van der Waals surface area contributed by atoms with Gasteiger partial charge >= 0.3 is 0 Å². The van der Waals surface area contributed by atoms with Gasteiger partial charge in [0, 0.05) is 18.2 Å². The maximum absolute atomic E-state index is 13.4. The summed E-state index contributed by atoms with van der Waals surface area (Å²) in [6, 6.07) is 20.4. The van der Waals surface area contributed by atoms with E-state index < -0.39 is 22.5 Å². The summed E-state index contributed by atoms with van der Waals surface area (Å²) in [4.78, 5) is 12.9. The minimum Gasteiger partial charge on any atom is -0.497 e. The van der Waals surface area contributed by atoms with E-state index in [2.05, 4.69) is 5.32 Å². The highest BCUT2D eigenvalue weighted by molar-refractivity contribution is 7.92. The molecule has 0 aliphatic heterocycles. The molecule has 168 valence electrons. The van der Waals surface area contributed by atoms with Gasteiger partial charge in [0.1, 0.15) is 18.0 Å². The largest absolute Gasteiger partial charge is 0.497 e. The molecule has 0 saturated heterocycles. The van der Waals surface area contributed by atoms with Gasteiger partial charge in [-0.3, -0.25) is 9.10 Å². The molecule has 3 aromatic rings. The van der Waals surface area contributed by atoms with Crippen molar-refractivity contribution in [2.75, 3.05) is 25.1 Å². The zero-order valence-corrected chi connectivity index (χ0v) is 19.1. The minimum atomic E-state index is -3.99. The Morgan fingerprint density at radius 3 is 2.34 bits per heavy atom. The Labute approximate surface area is 188 Å². The van der Waals surface area contributed by atoms with Crippen LogP contribution in [0.15, 0.2) is 77.7 Å². The van der Waals surface area contributed by atoms with Crippen LogP contribution in [0.5, 0.6) is 11.5 Å². The summed E-state index contributed by atoms with van der Waals surface area (Å²) in [5, 5.41) is 2.78. The van der Waals surface area contributed by atoms with E-state index in [1.54, 1.807) is 49.6 Å². The second kappa shape index (κ2) is 10.2. The van der Waals surface area contributed by atoms with Crippen molar-refractivity contribution < 1.29 is 22.7 Å². The lowest BCUT2D eigenvalue weighted by atomic mass is 10.2. The normalized spacial score (nSPS) is 11.0. The van der Waals surface area contributed by atoms with Crippen molar-refractivity contribution in [3.63, 3.8) is 0 Å². The number of carbonyl (C=O) groups excluding carboxylic acids is 1. The smallest absolute Gasteiger partial charge is 0.264 e. The lowest BCUT2D eigenvalue weighted by Gasteiger charge is -2.24. The van der Waals surface area contributed by atoms with Crippen molar-refractivity contribution in [3.8, 4) is 11.5 Å². The lowest BCUT2D eigenvalue weighted by Crippen LogP contribution is -2.40. The van der Waals surface area contributed by atoms with Gasteiger partial charge < -0.3 is 14.8 Å². The number of nitrogens with one attached hydrogen (secondary N) is 1. The molecule has 3 aromatic carbocycles. The van der Waals surface area contributed by atoms with Crippen LogP contribution >= 0.6 is 0 Å². The molecule has 0 bridgehead atoms. The Kier molecular flexibility index (Phi) is 7.37. The number of anilines is 1. The third kappa shape index (κ3) is 5.39. The van der Waals surface area contributed by atoms with Crippen molar-refractivity contribution in [2.24, 2.45) is 0 Å². The minimum absolute atomic E-state index is 0.100. The first-order chi connectivity index (χ1) is 15.3. The van der Waals surface area contributed by atoms with Gasteiger partial charge in [-0.05, 0) is 37.3 Å². The summed E-state index contributed by atoms with van der Waals surface area (Å²) in [6.45, 7) is 1.69. The van der Waals surface area contributed by atoms with Crippen LogP contribution in [-0.4, -0.2) is 35.1 Å². The van der Waals surface area contributed by atoms with Gasteiger partial charge in [-0.25, -0.2) is 8.42 Å². The highest BCUT2D eigenvalue weighted by Crippen LogP contribution is 2.27. The molecule has 0 aliphatic rings. The fraction of sp³-hybridized carbons (Fsp3) is 0.208. The van der Waals surface area contributed by atoms with E-state index in [-0.39, 0.29) is 11.4 Å². The maximum Gasteiger partial charge on any atom is 0.264 e. The quantitative estimate of drug-likeness (QED) is 0.535. The number of rotatable bonds is 9. The number of para-hydroxylation sites is 1. The Morgan fingerprint density at radius 1 is 0.938 bits per heavy atom. The van der Waals surface area contributed by atoms with Crippen molar-refractivity contribution in [2.45, 2.75) is 18.4 Å². The lowest BCUT2D eigenvalue weighted by molar-refractivity contribution is -0.119. The fourth-order valence-electron chi connectivity index (χ4n) is 3.15. The van der Waals surface area contributed by atoms with Crippen LogP contribution in [0.1, 0.15) is 11.1 Å². The van der Waals surface area contributed by atoms with Crippen molar-refractivity contribution in [3.05, 3.63) is 83.9 Å². The Bertz CT molecular complexity index is 1180. The Balaban J connectivity index is 1.88. The molecule has 0 spiro atoms. The summed E-state index contributed by atoms with van der Waals surface area (Å²) in [6.07, 6.45) is 0. The molecule has 0 unspecified atom stereocenters. The molecule has 0 fully saturated rings. The third-order valence-corrected chi connectivity index (χ3v) is 6.69. The number of hydrogen-bond donors (Lipinski definition) is 1. The van der Waals surface area contributed by atoms with Crippen LogP contribution in [0.25, 0.3) is 0 Å². The number of ether oxygens (including phenoxy) is 2. The number of aryl methyl sites for hydroxylation is 1. The van der Waals surface area contributed by atoms with E-state index in [9.17, 15) is 13.2 Å². The number of amides is 1. The highest BCUT2D eigenvalue weighted by Gasteiger charge is 2.27. The summed E-state index contributed by atoms with van der Waals surface area (Å²) in [7, 11) is -0.942. The molecule has 1 N–H and O–H groups in total. The first kappa shape index (κ1) is 23.1. The first-order valence-electron chi connectivity index (χ1n) is 9.97. The monoisotopic (exact) mass is 454 g/mol. The molecule has 0 saturated carbocycles. The molecule has 0 aromatic heterocycles. The molecule has 32 heavy (non-hydrogen) atoms. The van der Waals surface area contributed by atoms with Gasteiger partial charge in [0.15, 0.2) is 0 Å². The summed E-state index contributed by atoms with van der Waals surface area (Å²) in [5.74, 6) is 0.681. The van der Waals surface area contributed by atoms with E-state index in [1.165, 1.54) is 19.2 Å². The molecule has 0 aliphatic carbocycles. The zero-order valence-electron chi connectivity index (χ0n) is 18.2. The topological polar surface area (TPSA) is 84.9 Å². The van der Waals surface area contributed by atoms with Gasteiger partial charge in [0.05, 0.1) is 24.8 Å². The molecular formula is C24H26N2O5S. The van der Waals surface area contributed by atoms with Gasteiger partial charge in [0.2, 0.25) is 5.91 Å². The van der Waals surface area contributed by atoms with Crippen molar-refractivity contribution in [1.29, 1.82) is 0 Å². The maximum atomic E-state index is 13.4. The molecule has 0 atom stereocenters. The first-order valence-corrected chi connectivity index (χ1v) is 11.4. The molecular weight excluding hydrogens is 428 g/mol. The molecule has 1 amide bonds. The van der Waals surface area contributed by atoms with Crippen LogP contribution in [-0.2, 0) is 21.4 Å². The molecule has 3 rings (SSSR count). The number of methoxy groups -OCH3 is 2. The second-order valence-electron chi connectivity index (χ2n) is 7.11. The van der Waals surface area contributed by atoms with Crippen LogP contribution in [0.2, 0.25) is 0 Å². The molecule has 0 radical (unpaired) electrons. The van der Waals surface area contributed by atoms with Crippen LogP contribution in [0, 0.1) is 6.92 Å². The van der Waals surface area contributed by atoms with E-state index in [0.29, 0.717) is 17.2 Å². The fourth-order valence-corrected chi connectivity index (χ4v) is 4.56. The Hall–Kier alpha value is -3.52. The standard InChI is InChI=1S/C24H26N2O5S/c1-18-11-13-22(14-12-18)32(28,29)26(20-8-6-9-21(15-20)30-2)17-24(27)25-16-19-7-4-5-10-23(19)31-3/h4-15H,16-17H2,1-3H3,(H,25,27). The molecule has 0 heterocycles. The SMILES string of the molecule is COc1cccc(N(CC(=O)NCc2ccccc2OC)S(=O)(=O)c2ccc(C)cc2)c1. The van der Waals surface area contributed by atoms with E-state index in [4.69, 9.17) is 9.47 Å². The van der Waals surface area contributed by atoms with Crippen LogP contribution < -0.4 is 19.1 Å². The van der Waals surface area contributed by atoms with E-state index in [1.807, 2.05) is 25.1 Å². The van der Waals surface area contributed by atoms with Crippen LogP contribution in [0.3, 0.4) is 0 Å². The van der Waals surface area contributed by atoms with Gasteiger partial charge in [-0.2, -0.15) is 0 Å². The number of nitrogens with zero attached hydrogens (tertiary/aromatic N) is 1. The number of benzene rings is 3. The van der Waals surface area contributed by atoms with Gasteiger partial charge in [-0.15, -0.1) is 0 Å². The average molecular weight is 455 g/mol. The molecule has 7 nitrogen and oxygen atoms in total. The summed E-state index contributed by atoms with van der Waals surface area (Å²) < 4.78 is 38.5. The number of sulfonamides is 1. The molecule has 8 heteroatoms. The highest BCUT2D eigenvalue weighted by atomic mass is 32.2. The summed E-state index contributed by atoms with van der Waals surface area (Å²) >= 11 is 0. The van der Waals surface area contributed by atoms with E-state index in [0.717, 1.165) is 15.4 Å². The van der Waals surface area contributed by atoms with E-state index >= 15 is 0 Å². The zero-order chi connectivity index (χ0) is 23.1. The van der Waals surface area contributed by atoms with Crippen LogP contribution in [0.4, 0.5) is 5.69 Å².